The van der Waals surface area contributed by atoms with Crippen molar-refractivity contribution in [3.05, 3.63) is 46.6 Å². The lowest BCUT2D eigenvalue weighted by Crippen LogP contribution is -2.61. The predicted molar refractivity (Wildman–Crippen MR) is 91.8 cm³/mol. The lowest BCUT2D eigenvalue weighted by molar-refractivity contribution is -0.271. The molecule has 28 heavy (non-hydrogen) atoms. The highest BCUT2D eigenvalue weighted by Gasteiger charge is 2.48. The second-order valence-corrected chi connectivity index (χ2v) is 6.33. The molecule has 1 aromatic carbocycles. The third kappa shape index (κ3) is 3.18. The molecule has 0 radical (unpaired) electrons. The largest absolute Gasteiger partial charge is 0.479 e. The van der Waals surface area contributed by atoms with Crippen LogP contribution in [0.4, 0.5) is 0 Å². The summed E-state index contributed by atoms with van der Waals surface area (Å²) in [4.78, 5) is 27.0. The summed E-state index contributed by atoms with van der Waals surface area (Å²) in [7, 11) is 0. The maximum absolute atomic E-state index is 11.5. The lowest BCUT2D eigenvalue weighted by Gasteiger charge is -2.38. The average molecular weight is 389 g/mol. The van der Waals surface area contributed by atoms with Crippen LogP contribution in [-0.2, 0) is 9.53 Å². The van der Waals surface area contributed by atoms with E-state index in [-0.39, 0.29) is 22.5 Å². The van der Waals surface area contributed by atoms with Crippen LogP contribution in [-0.4, -0.2) is 62.1 Å². The zero-order chi connectivity index (χ0) is 20.0. The van der Waals surface area contributed by atoms with Gasteiger partial charge in [0.05, 0.1) is 0 Å². The van der Waals surface area contributed by atoms with Crippen LogP contribution in [0.15, 0.2) is 45.6 Å². The molecule has 10 nitrogen and oxygen atoms in total. The van der Waals surface area contributed by atoms with Crippen LogP contribution in [0, 0.1) is 0 Å². The number of nitrogens with zero attached hydrogens (tertiary/aromatic N) is 1. The molecule has 1 aromatic rings. The Balaban J connectivity index is 1.65. The average Bonchev–Trinajstić information content (AvgIpc) is 2.66. The molecule has 0 unspecified atom stereocenters. The van der Waals surface area contributed by atoms with Gasteiger partial charge in [0.2, 0.25) is 6.29 Å². The van der Waals surface area contributed by atoms with E-state index in [0.29, 0.717) is 11.2 Å². The van der Waals surface area contributed by atoms with E-state index in [1.807, 2.05) is 0 Å². The van der Waals surface area contributed by atoms with Crippen LogP contribution >= 0.6 is 0 Å². The van der Waals surface area contributed by atoms with Gasteiger partial charge < -0.3 is 34.3 Å². The van der Waals surface area contributed by atoms with Crippen molar-refractivity contribution in [3.63, 3.8) is 0 Å². The second-order valence-electron chi connectivity index (χ2n) is 6.33. The standard InChI is InChI=1S/C18H15NO9/c20-7-1-3-9-11(5-7)27-12-6-8(2-4-10(12)19-9)26-18-15(23)13(21)14(22)16(28-18)17(24)25/h1-6,13-16,18,21-23H,(H,24,25)/t13-,14-,15+,16-,18+/m0/s1. The summed E-state index contributed by atoms with van der Waals surface area (Å²) in [5.41, 5.74) is 1.00. The minimum atomic E-state index is -1.81. The van der Waals surface area contributed by atoms with E-state index in [1.165, 1.54) is 30.3 Å². The minimum Gasteiger partial charge on any atom is -0.479 e. The Bertz CT molecular complexity index is 1060. The van der Waals surface area contributed by atoms with Crippen LogP contribution < -0.4 is 10.2 Å². The first-order chi connectivity index (χ1) is 13.3. The number of rotatable bonds is 3. The molecule has 0 saturated carbocycles. The molecule has 1 fully saturated rings. The summed E-state index contributed by atoms with van der Waals surface area (Å²) in [5.74, 6) is -1.10. The Kier molecular flexibility index (Phi) is 4.47. The number of benzene rings is 2. The molecule has 1 saturated heterocycles. The molecule has 2 heterocycles. The fourth-order valence-electron chi connectivity index (χ4n) is 2.94. The topological polar surface area (TPSA) is 160 Å². The number of carboxylic acid groups (broad SMARTS) is 1. The van der Waals surface area contributed by atoms with E-state index in [9.17, 15) is 24.9 Å². The number of carboxylic acids is 1. The van der Waals surface area contributed by atoms with Crippen molar-refractivity contribution >= 4 is 17.1 Å². The van der Waals surface area contributed by atoms with Gasteiger partial charge in [0.1, 0.15) is 35.3 Å². The second kappa shape index (κ2) is 6.84. The van der Waals surface area contributed by atoms with Gasteiger partial charge in [-0.15, -0.1) is 0 Å². The quantitative estimate of drug-likeness (QED) is 0.433. The smallest absolute Gasteiger partial charge is 0.335 e. The van der Waals surface area contributed by atoms with Gasteiger partial charge in [-0.1, -0.05) is 0 Å². The number of aliphatic carboxylic acids is 1. The van der Waals surface area contributed by atoms with Gasteiger partial charge in [-0.2, -0.15) is 0 Å². The molecule has 0 spiro atoms. The van der Waals surface area contributed by atoms with Gasteiger partial charge in [-0.05, 0) is 24.3 Å². The molecule has 4 rings (SSSR count). The maximum Gasteiger partial charge on any atom is 0.335 e. The molecule has 0 bridgehead atoms. The summed E-state index contributed by atoms with van der Waals surface area (Å²) in [6, 6.07) is 8.67. The third-order valence-electron chi connectivity index (χ3n) is 4.39. The lowest BCUT2D eigenvalue weighted by atomic mass is 9.99. The Morgan fingerprint density at radius 1 is 1.04 bits per heavy atom. The minimum absolute atomic E-state index is 0.132. The molecule has 146 valence electrons. The van der Waals surface area contributed by atoms with Crippen molar-refractivity contribution in [2.24, 2.45) is 0 Å². The first-order valence-corrected chi connectivity index (χ1v) is 8.27. The number of fused-ring (bicyclic) bond motifs is 2. The molecule has 0 aromatic heterocycles. The van der Waals surface area contributed by atoms with E-state index in [2.05, 4.69) is 4.98 Å². The summed E-state index contributed by atoms with van der Waals surface area (Å²) in [6.45, 7) is 0. The number of aliphatic hydroxyl groups excluding tert-OH is 3. The molecular formula is C18H15NO9. The Labute approximate surface area is 156 Å². The summed E-state index contributed by atoms with van der Waals surface area (Å²) >= 11 is 0. The van der Waals surface area contributed by atoms with Crippen molar-refractivity contribution in [1.82, 2.24) is 4.98 Å². The number of hydrogen-bond acceptors (Lipinski definition) is 9. The zero-order valence-corrected chi connectivity index (χ0v) is 14.1. The summed E-state index contributed by atoms with van der Waals surface area (Å²) in [6.07, 6.45) is -8.58. The van der Waals surface area contributed by atoms with Crippen molar-refractivity contribution in [3.8, 4) is 17.2 Å². The van der Waals surface area contributed by atoms with Gasteiger partial charge >= 0.3 is 5.97 Å². The van der Waals surface area contributed by atoms with Crippen molar-refractivity contribution in [2.45, 2.75) is 30.7 Å². The Hall–Kier alpha value is -3.05. The third-order valence-corrected chi connectivity index (χ3v) is 4.39. The van der Waals surface area contributed by atoms with Crippen LogP contribution in [0.25, 0.3) is 22.6 Å². The van der Waals surface area contributed by atoms with Crippen LogP contribution in [0.1, 0.15) is 0 Å². The van der Waals surface area contributed by atoms with E-state index in [4.69, 9.17) is 19.0 Å². The molecule has 3 aliphatic rings. The number of ether oxygens (including phenoxy) is 2. The first kappa shape index (κ1) is 18.3. The first-order valence-electron chi connectivity index (χ1n) is 8.27. The molecule has 10 heteroatoms. The van der Waals surface area contributed by atoms with Crippen molar-refractivity contribution < 1.29 is 39.1 Å². The maximum atomic E-state index is 11.5. The van der Waals surface area contributed by atoms with E-state index in [1.54, 1.807) is 6.07 Å². The van der Waals surface area contributed by atoms with Gasteiger partial charge in [0.15, 0.2) is 22.9 Å². The number of carbonyl (C=O) groups is 1. The highest BCUT2D eigenvalue weighted by Crippen LogP contribution is 2.29. The van der Waals surface area contributed by atoms with Gasteiger partial charge in [0, 0.05) is 12.1 Å². The van der Waals surface area contributed by atoms with E-state index in [0.717, 1.165) is 0 Å². The fraction of sp³-hybridized carbons (Fsp3) is 0.278. The molecule has 4 N–H and O–H groups in total. The molecule has 5 atom stereocenters. The number of hydrogen-bond donors (Lipinski definition) is 4. The molecule has 0 amide bonds. The summed E-state index contributed by atoms with van der Waals surface area (Å²) in [5, 5.41) is 38.7. The van der Waals surface area contributed by atoms with E-state index >= 15 is 0 Å². The van der Waals surface area contributed by atoms with Crippen LogP contribution in [0.3, 0.4) is 0 Å². The van der Waals surface area contributed by atoms with Gasteiger partial charge in [-0.25, -0.2) is 9.78 Å². The number of aromatic nitrogens is 1. The molecule has 2 aliphatic heterocycles. The SMILES string of the molecule is O=C(O)[C@H]1O[C@@H](Oc2ccc3nc4ccc(=O)cc-4oc3c2)[C@H](O)[C@@H](O)[C@@H]1O. The predicted octanol–water partition coefficient (Wildman–Crippen LogP) is -0.436. The molecular weight excluding hydrogens is 374 g/mol. The highest BCUT2D eigenvalue weighted by molar-refractivity contribution is 5.77. The van der Waals surface area contributed by atoms with Crippen molar-refractivity contribution in [2.75, 3.05) is 0 Å². The van der Waals surface area contributed by atoms with Crippen LogP contribution in [0.2, 0.25) is 0 Å². The van der Waals surface area contributed by atoms with Crippen LogP contribution in [0.5, 0.6) is 5.75 Å². The fourth-order valence-corrected chi connectivity index (χ4v) is 2.94. The van der Waals surface area contributed by atoms with Gasteiger partial charge in [-0.3, -0.25) is 4.79 Å². The normalized spacial score (nSPS) is 27.8. The van der Waals surface area contributed by atoms with Crippen molar-refractivity contribution in [1.29, 1.82) is 0 Å². The Morgan fingerprint density at radius 2 is 1.82 bits per heavy atom. The molecule has 1 aliphatic carbocycles. The highest BCUT2D eigenvalue weighted by atomic mass is 16.7. The zero-order valence-electron chi connectivity index (χ0n) is 14.1. The Morgan fingerprint density at radius 3 is 2.57 bits per heavy atom. The van der Waals surface area contributed by atoms with Gasteiger partial charge in [0.25, 0.3) is 0 Å². The number of aliphatic hydroxyl groups is 3. The summed E-state index contributed by atoms with van der Waals surface area (Å²) < 4.78 is 16.2. The van der Waals surface area contributed by atoms with E-state index < -0.39 is 36.7 Å². The monoisotopic (exact) mass is 389 g/mol.